The maximum Gasteiger partial charge on any atom is 0.215 e. The second-order valence-corrected chi connectivity index (χ2v) is 6.90. The van der Waals surface area contributed by atoms with Crippen LogP contribution in [0.4, 0.5) is 0 Å². The highest BCUT2D eigenvalue weighted by atomic mass is 32.2. The number of nitrogens with zero attached hydrogens (tertiary/aromatic N) is 1. The normalized spacial score (nSPS) is 13.8. The van der Waals surface area contributed by atoms with Gasteiger partial charge in [0.25, 0.3) is 0 Å². The average Bonchev–Trinajstić information content (AvgIpc) is 2.78. The predicted octanol–water partition coefficient (Wildman–Crippen LogP) is 0.603. The molecule has 0 spiro atoms. The molecule has 0 aliphatic heterocycles. The topological polar surface area (TPSA) is 71.1 Å². The van der Waals surface area contributed by atoms with Gasteiger partial charge in [0.2, 0.25) is 10.0 Å². The third kappa shape index (κ3) is 5.12. The summed E-state index contributed by atoms with van der Waals surface area (Å²) in [6.45, 7) is 5.32. The van der Waals surface area contributed by atoms with Crippen molar-refractivity contribution in [2.24, 2.45) is 0 Å². The number of aromatic nitrogens is 1. The standard InChI is InChI=1S/C10H19N3O2S2/c1-3-11-8-9(2)17(14,15)13-5-4-10-12-6-7-16-10/h6-7,9,11,13H,3-5,8H2,1-2H3. The molecular formula is C10H19N3O2S2. The molecule has 1 unspecified atom stereocenters. The van der Waals surface area contributed by atoms with Crippen molar-refractivity contribution in [1.29, 1.82) is 0 Å². The summed E-state index contributed by atoms with van der Waals surface area (Å²) in [5.74, 6) is 0. The first kappa shape index (κ1) is 14.6. The first-order valence-corrected chi connectivity index (χ1v) is 8.06. The van der Waals surface area contributed by atoms with E-state index in [0.29, 0.717) is 19.5 Å². The Bertz CT molecular complexity index is 403. The van der Waals surface area contributed by atoms with E-state index in [1.807, 2.05) is 12.3 Å². The molecule has 0 aliphatic carbocycles. The number of rotatable bonds is 8. The van der Waals surface area contributed by atoms with Crippen LogP contribution in [0.25, 0.3) is 0 Å². The Hall–Kier alpha value is -0.500. The van der Waals surface area contributed by atoms with Gasteiger partial charge in [-0.15, -0.1) is 11.3 Å². The predicted molar refractivity (Wildman–Crippen MR) is 70.7 cm³/mol. The van der Waals surface area contributed by atoms with Crippen molar-refractivity contribution in [3.05, 3.63) is 16.6 Å². The van der Waals surface area contributed by atoms with Gasteiger partial charge in [-0.25, -0.2) is 18.1 Å². The van der Waals surface area contributed by atoms with Gasteiger partial charge in [0.1, 0.15) is 0 Å². The largest absolute Gasteiger partial charge is 0.316 e. The van der Waals surface area contributed by atoms with Crippen molar-refractivity contribution in [2.75, 3.05) is 19.6 Å². The average molecular weight is 277 g/mol. The van der Waals surface area contributed by atoms with Crippen LogP contribution in [0.15, 0.2) is 11.6 Å². The Kier molecular flexibility index (Phi) is 6.04. The number of thiazole rings is 1. The van der Waals surface area contributed by atoms with Gasteiger partial charge in [0, 0.05) is 31.1 Å². The molecule has 0 bridgehead atoms. The highest BCUT2D eigenvalue weighted by molar-refractivity contribution is 7.90. The molecule has 17 heavy (non-hydrogen) atoms. The van der Waals surface area contributed by atoms with Crippen LogP contribution >= 0.6 is 11.3 Å². The Labute approximate surface area is 107 Å². The van der Waals surface area contributed by atoms with E-state index >= 15 is 0 Å². The Morgan fingerprint density at radius 2 is 2.29 bits per heavy atom. The minimum Gasteiger partial charge on any atom is -0.316 e. The van der Waals surface area contributed by atoms with E-state index in [0.717, 1.165) is 11.6 Å². The van der Waals surface area contributed by atoms with Crippen LogP contribution in [0.1, 0.15) is 18.9 Å². The highest BCUT2D eigenvalue weighted by Crippen LogP contribution is 2.04. The first-order chi connectivity index (χ1) is 8.06. The zero-order chi connectivity index (χ0) is 12.7. The highest BCUT2D eigenvalue weighted by Gasteiger charge is 2.19. The summed E-state index contributed by atoms with van der Waals surface area (Å²) in [4.78, 5) is 4.10. The van der Waals surface area contributed by atoms with Gasteiger partial charge in [-0.1, -0.05) is 6.92 Å². The van der Waals surface area contributed by atoms with Crippen LogP contribution in [-0.4, -0.2) is 38.3 Å². The quantitative estimate of drug-likeness (QED) is 0.730. The molecule has 1 aromatic rings. The van der Waals surface area contributed by atoms with Gasteiger partial charge in [-0.2, -0.15) is 0 Å². The molecule has 5 nitrogen and oxygen atoms in total. The molecule has 0 aromatic carbocycles. The van der Waals surface area contributed by atoms with E-state index in [9.17, 15) is 8.42 Å². The second-order valence-electron chi connectivity index (χ2n) is 3.73. The van der Waals surface area contributed by atoms with Crippen LogP contribution < -0.4 is 10.0 Å². The van der Waals surface area contributed by atoms with Crippen LogP contribution in [-0.2, 0) is 16.4 Å². The number of sulfonamides is 1. The first-order valence-electron chi connectivity index (χ1n) is 5.64. The van der Waals surface area contributed by atoms with Crippen LogP contribution in [0.2, 0.25) is 0 Å². The maximum absolute atomic E-state index is 11.8. The van der Waals surface area contributed by atoms with Crippen molar-refractivity contribution >= 4 is 21.4 Å². The summed E-state index contributed by atoms with van der Waals surface area (Å²) in [5, 5.41) is 5.45. The Morgan fingerprint density at radius 3 is 2.88 bits per heavy atom. The fraction of sp³-hybridized carbons (Fsp3) is 0.700. The zero-order valence-electron chi connectivity index (χ0n) is 10.1. The molecule has 1 atom stereocenters. The van der Waals surface area contributed by atoms with E-state index in [2.05, 4.69) is 15.0 Å². The van der Waals surface area contributed by atoms with Crippen molar-refractivity contribution in [3.8, 4) is 0 Å². The molecule has 1 aromatic heterocycles. The number of hydrogen-bond donors (Lipinski definition) is 2. The molecule has 1 rings (SSSR count). The summed E-state index contributed by atoms with van der Waals surface area (Å²) in [7, 11) is -3.22. The molecule has 0 saturated heterocycles. The van der Waals surface area contributed by atoms with Gasteiger partial charge in [0.15, 0.2) is 0 Å². The van der Waals surface area contributed by atoms with Crippen molar-refractivity contribution in [3.63, 3.8) is 0 Å². The lowest BCUT2D eigenvalue weighted by molar-refractivity contribution is 0.560. The van der Waals surface area contributed by atoms with Gasteiger partial charge in [-0.05, 0) is 13.5 Å². The molecular weight excluding hydrogens is 258 g/mol. The molecule has 0 radical (unpaired) electrons. The van der Waals surface area contributed by atoms with Crippen molar-refractivity contribution < 1.29 is 8.42 Å². The van der Waals surface area contributed by atoms with Gasteiger partial charge in [0.05, 0.1) is 10.3 Å². The van der Waals surface area contributed by atoms with Gasteiger partial charge in [-0.3, -0.25) is 0 Å². The van der Waals surface area contributed by atoms with Crippen molar-refractivity contribution in [2.45, 2.75) is 25.5 Å². The van der Waals surface area contributed by atoms with Gasteiger partial charge < -0.3 is 5.32 Å². The lowest BCUT2D eigenvalue weighted by Crippen LogP contribution is -2.39. The summed E-state index contributed by atoms with van der Waals surface area (Å²) >= 11 is 1.54. The lowest BCUT2D eigenvalue weighted by atomic mass is 10.5. The minimum absolute atomic E-state index is 0.409. The monoisotopic (exact) mass is 277 g/mol. The fourth-order valence-electron chi connectivity index (χ4n) is 1.28. The van der Waals surface area contributed by atoms with Gasteiger partial charge >= 0.3 is 0 Å². The van der Waals surface area contributed by atoms with Crippen LogP contribution in [0, 0.1) is 0 Å². The lowest BCUT2D eigenvalue weighted by Gasteiger charge is -2.13. The fourth-order valence-corrected chi connectivity index (χ4v) is 2.91. The Balaban J connectivity index is 2.33. The minimum atomic E-state index is -3.22. The van der Waals surface area contributed by atoms with E-state index in [-0.39, 0.29) is 0 Å². The molecule has 0 fully saturated rings. The number of hydrogen-bond acceptors (Lipinski definition) is 5. The Morgan fingerprint density at radius 1 is 1.53 bits per heavy atom. The van der Waals surface area contributed by atoms with E-state index in [1.165, 1.54) is 11.3 Å². The molecule has 2 N–H and O–H groups in total. The molecule has 0 saturated carbocycles. The summed E-state index contributed by atoms with van der Waals surface area (Å²) in [5.41, 5.74) is 0. The second kappa shape index (κ2) is 7.05. The van der Waals surface area contributed by atoms with Crippen molar-refractivity contribution in [1.82, 2.24) is 15.0 Å². The third-order valence-electron chi connectivity index (χ3n) is 2.34. The molecule has 7 heteroatoms. The number of nitrogens with one attached hydrogen (secondary N) is 2. The molecule has 1 heterocycles. The zero-order valence-corrected chi connectivity index (χ0v) is 11.8. The van der Waals surface area contributed by atoms with Crippen LogP contribution in [0.5, 0.6) is 0 Å². The maximum atomic E-state index is 11.8. The smallest absolute Gasteiger partial charge is 0.215 e. The third-order valence-corrected chi connectivity index (χ3v) is 5.01. The molecule has 98 valence electrons. The van der Waals surface area contributed by atoms with E-state index in [4.69, 9.17) is 0 Å². The van der Waals surface area contributed by atoms with E-state index in [1.54, 1.807) is 13.1 Å². The SMILES string of the molecule is CCNCC(C)S(=O)(=O)NCCc1nccs1. The summed E-state index contributed by atoms with van der Waals surface area (Å²) < 4.78 is 26.2. The molecule has 0 aliphatic rings. The van der Waals surface area contributed by atoms with Crippen LogP contribution in [0.3, 0.4) is 0 Å². The summed E-state index contributed by atoms with van der Waals surface area (Å²) in [6, 6.07) is 0. The summed E-state index contributed by atoms with van der Waals surface area (Å²) in [6.07, 6.45) is 2.37. The van der Waals surface area contributed by atoms with E-state index < -0.39 is 15.3 Å². The molecule has 0 amide bonds.